The first-order valence-electron chi connectivity index (χ1n) is 5.80. The van der Waals surface area contributed by atoms with E-state index in [4.69, 9.17) is 0 Å². The third-order valence-electron chi connectivity index (χ3n) is 3.77. The van der Waals surface area contributed by atoms with Crippen molar-refractivity contribution in [3.05, 3.63) is 30.1 Å². The van der Waals surface area contributed by atoms with Gasteiger partial charge in [0.25, 0.3) is 0 Å². The molecular formula is C13H17N. The summed E-state index contributed by atoms with van der Waals surface area (Å²) in [5.41, 5.74) is 1.51. The molecule has 0 saturated heterocycles. The minimum atomic E-state index is 0.713. The predicted molar refractivity (Wildman–Crippen MR) is 59.1 cm³/mol. The molecule has 1 aromatic heterocycles. The third kappa shape index (κ3) is 1.23. The van der Waals surface area contributed by atoms with Crippen molar-refractivity contribution < 1.29 is 0 Å². The zero-order chi connectivity index (χ0) is 9.38. The van der Waals surface area contributed by atoms with E-state index >= 15 is 0 Å². The average Bonchev–Trinajstić information content (AvgIpc) is 2.79. The van der Waals surface area contributed by atoms with Gasteiger partial charge in [0.05, 0.1) is 0 Å². The number of aromatic nitrogens is 1. The largest absolute Gasteiger partial charge is 0.327 e. The maximum atomic E-state index is 2.39. The Morgan fingerprint density at radius 3 is 2.86 bits per heavy atom. The zero-order valence-electron chi connectivity index (χ0n) is 8.52. The van der Waals surface area contributed by atoms with Crippen LogP contribution in [0.25, 0.3) is 6.20 Å². The van der Waals surface area contributed by atoms with Crippen LogP contribution in [0, 0.1) is 5.92 Å². The van der Waals surface area contributed by atoms with Gasteiger partial charge in [0, 0.05) is 24.0 Å². The molecule has 0 radical (unpaired) electrons. The molecule has 74 valence electrons. The van der Waals surface area contributed by atoms with Crippen LogP contribution in [0.4, 0.5) is 0 Å². The zero-order valence-corrected chi connectivity index (χ0v) is 8.52. The Hall–Kier alpha value is -0.980. The van der Waals surface area contributed by atoms with Crippen molar-refractivity contribution in [1.82, 2.24) is 4.57 Å². The summed E-state index contributed by atoms with van der Waals surface area (Å²) in [5, 5.41) is 0. The van der Waals surface area contributed by atoms with Crippen LogP contribution < -0.4 is 0 Å². The molecule has 1 unspecified atom stereocenters. The van der Waals surface area contributed by atoms with Gasteiger partial charge in [-0.15, -0.1) is 0 Å². The van der Waals surface area contributed by atoms with E-state index in [1.54, 1.807) is 0 Å². The highest BCUT2D eigenvalue weighted by Crippen LogP contribution is 2.39. The molecule has 0 spiro atoms. The number of allylic oxidation sites excluding steroid dienone is 1. The van der Waals surface area contributed by atoms with Crippen LogP contribution in [0.2, 0.25) is 0 Å². The minimum absolute atomic E-state index is 0.713. The fourth-order valence-corrected chi connectivity index (χ4v) is 3.00. The van der Waals surface area contributed by atoms with Gasteiger partial charge in [0.15, 0.2) is 0 Å². The van der Waals surface area contributed by atoms with Crippen molar-refractivity contribution in [2.24, 2.45) is 5.92 Å². The fraction of sp³-hybridized carbons (Fsp3) is 0.538. The summed E-state index contributed by atoms with van der Waals surface area (Å²) in [5.74, 6) is 1.63. The molecule has 14 heavy (non-hydrogen) atoms. The van der Waals surface area contributed by atoms with Crippen LogP contribution in [-0.4, -0.2) is 4.57 Å². The summed E-state index contributed by atoms with van der Waals surface area (Å²) < 4.78 is 2.28. The molecule has 1 aromatic rings. The van der Waals surface area contributed by atoms with Crippen LogP contribution in [0.15, 0.2) is 24.4 Å². The van der Waals surface area contributed by atoms with Gasteiger partial charge >= 0.3 is 0 Å². The fourth-order valence-electron chi connectivity index (χ4n) is 3.00. The van der Waals surface area contributed by atoms with E-state index in [1.807, 2.05) is 0 Å². The Labute approximate surface area is 85.4 Å². The smallest absolute Gasteiger partial charge is 0.0292 e. The minimum Gasteiger partial charge on any atom is -0.327 e. The van der Waals surface area contributed by atoms with Crippen molar-refractivity contribution in [1.29, 1.82) is 0 Å². The summed E-state index contributed by atoms with van der Waals surface area (Å²) in [7, 11) is 0. The molecule has 1 fully saturated rings. The molecule has 0 amide bonds. The number of rotatable bonds is 1. The Morgan fingerprint density at radius 1 is 1.14 bits per heavy atom. The second-order valence-electron chi connectivity index (χ2n) is 4.61. The summed E-state index contributed by atoms with van der Waals surface area (Å²) in [6.45, 7) is 0. The Bertz CT molecular complexity index is 342. The number of hydrogen-bond donors (Lipinski definition) is 0. The molecule has 1 saturated carbocycles. The van der Waals surface area contributed by atoms with Gasteiger partial charge < -0.3 is 4.57 Å². The molecule has 1 heteroatoms. The van der Waals surface area contributed by atoms with E-state index in [0.717, 1.165) is 5.92 Å². The van der Waals surface area contributed by atoms with Gasteiger partial charge in [-0.05, 0) is 30.9 Å². The maximum Gasteiger partial charge on any atom is 0.0292 e. The van der Waals surface area contributed by atoms with Crippen molar-refractivity contribution >= 4 is 6.20 Å². The molecule has 2 aliphatic rings. The summed E-state index contributed by atoms with van der Waals surface area (Å²) in [4.78, 5) is 0. The van der Waals surface area contributed by atoms with Crippen LogP contribution in [-0.2, 0) is 0 Å². The maximum absolute atomic E-state index is 2.39. The SMILES string of the molecule is C1=Cn2cccc2C1C1CCCCC1. The van der Waals surface area contributed by atoms with Gasteiger partial charge in [0.2, 0.25) is 0 Å². The lowest BCUT2D eigenvalue weighted by molar-refractivity contribution is 0.331. The number of hydrogen-bond acceptors (Lipinski definition) is 0. The van der Waals surface area contributed by atoms with Crippen LogP contribution in [0.3, 0.4) is 0 Å². The Kier molecular flexibility index (Phi) is 1.97. The Balaban J connectivity index is 1.84. The van der Waals surface area contributed by atoms with Gasteiger partial charge in [0.1, 0.15) is 0 Å². The second kappa shape index (κ2) is 3.30. The quantitative estimate of drug-likeness (QED) is 0.632. The highest BCUT2D eigenvalue weighted by molar-refractivity contribution is 5.41. The summed E-state index contributed by atoms with van der Waals surface area (Å²) in [6.07, 6.45) is 14.0. The van der Waals surface area contributed by atoms with E-state index in [-0.39, 0.29) is 0 Å². The van der Waals surface area contributed by atoms with E-state index in [9.17, 15) is 0 Å². The average molecular weight is 187 g/mol. The topological polar surface area (TPSA) is 4.93 Å². The molecular weight excluding hydrogens is 170 g/mol. The molecule has 1 aliphatic carbocycles. The first-order chi connectivity index (χ1) is 6.95. The summed E-state index contributed by atoms with van der Waals surface area (Å²) in [6, 6.07) is 4.44. The normalized spacial score (nSPS) is 26.7. The lowest BCUT2D eigenvalue weighted by atomic mass is 9.79. The number of fused-ring (bicyclic) bond motifs is 1. The Morgan fingerprint density at radius 2 is 2.00 bits per heavy atom. The monoisotopic (exact) mass is 187 g/mol. The van der Waals surface area contributed by atoms with Gasteiger partial charge in [-0.2, -0.15) is 0 Å². The molecule has 0 N–H and O–H groups in total. The third-order valence-corrected chi connectivity index (χ3v) is 3.77. The molecule has 1 atom stereocenters. The van der Waals surface area contributed by atoms with Gasteiger partial charge in [-0.1, -0.05) is 25.3 Å². The standard InChI is InChI=1S/C13H17N/c1-2-5-11(6-3-1)12-8-10-14-9-4-7-13(12)14/h4,7-12H,1-3,5-6H2. The van der Waals surface area contributed by atoms with E-state index in [2.05, 4.69) is 35.2 Å². The highest BCUT2D eigenvalue weighted by Gasteiger charge is 2.27. The van der Waals surface area contributed by atoms with Crippen molar-refractivity contribution in [2.75, 3.05) is 0 Å². The van der Waals surface area contributed by atoms with Crippen LogP contribution >= 0.6 is 0 Å². The van der Waals surface area contributed by atoms with Crippen molar-refractivity contribution in [2.45, 2.75) is 38.0 Å². The lowest BCUT2D eigenvalue weighted by Gasteiger charge is -2.26. The first-order valence-corrected chi connectivity index (χ1v) is 5.80. The molecule has 1 aliphatic heterocycles. The first kappa shape index (κ1) is 8.34. The molecule has 3 rings (SSSR count). The lowest BCUT2D eigenvalue weighted by Crippen LogP contribution is -2.13. The van der Waals surface area contributed by atoms with Gasteiger partial charge in [-0.3, -0.25) is 0 Å². The number of nitrogens with zero attached hydrogens (tertiary/aromatic N) is 1. The molecule has 1 nitrogen and oxygen atoms in total. The van der Waals surface area contributed by atoms with Crippen LogP contribution in [0.1, 0.15) is 43.7 Å². The van der Waals surface area contributed by atoms with Crippen molar-refractivity contribution in [3.8, 4) is 0 Å². The van der Waals surface area contributed by atoms with Gasteiger partial charge in [-0.25, -0.2) is 0 Å². The van der Waals surface area contributed by atoms with Crippen molar-refractivity contribution in [3.63, 3.8) is 0 Å². The van der Waals surface area contributed by atoms with E-state index < -0.39 is 0 Å². The second-order valence-corrected chi connectivity index (χ2v) is 4.61. The van der Waals surface area contributed by atoms with E-state index in [0.29, 0.717) is 5.92 Å². The molecule has 0 bridgehead atoms. The molecule has 0 aromatic carbocycles. The molecule has 2 heterocycles. The van der Waals surface area contributed by atoms with Crippen LogP contribution in [0.5, 0.6) is 0 Å². The van der Waals surface area contributed by atoms with E-state index in [1.165, 1.54) is 37.8 Å². The summed E-state index contributed by atoms with van der Waals surface area (Å²) >= 11 is 0. The predicted octanol–water partition coefficient (Wildman–Crippen LogP) is 3.64. The highest BCUT2D eigenvalue weighted by atomic mass is 15.0.